The zero-order chi connectivity index (χ0) is 13.1. The van der Waals surface area contributed by atoms with Crippen LogP contribution in [0.1, 0.15) is 11.1 Å². The van der Waals surface area contributed by atoms with E-state index in [9.17, 15) is 8.78 Å². The van der Waals surface area contributed by atoms with Crippen LogP contribution in [0.2, 0.25) is 0 Å². The Hall–Kier alpha value is -2.10. The number of aryl methyl sites for hydroxylation is 1. The molecule has 0 radical (unpaired) electrons. The van der Waals surface area contributed by atoms with Crippen molar-refractivity contribution in [1.82, 2.24) is 0 Å². The number of nitrogen functional groups attached to an aromatic ring is 1. The average Bonchev–Trinajstić information content (AvgIpc) is 2.31. The van der Waals surface area contributed by atoms with E-state index in [1.165, 1.54) is 18.2 Å². The lowest BCUT2D eigenvalue weighted by atomic mass is 10.2. The molecule has 2 N–H and O–H groups in total. The molecule has 2 aromatic rings. The molecule has 0 fully saturated rings. The standard InChI is InChI=1S/C14H13F2NO/c1-9-5-6-14(13(17)7-9)18-8-10-11(15)3-2-4-12(10)16/h2-7H,8,17H2,1H3. The molecular formula is C14H13F2NO. The Morgan fingerprint density at radius 2 is 1.78 bits per heavy atom. The van der Waals surface area contributed by atoms with E-state index in [-0.39, 0.29) is 12.2 Å². The third-order valence-electron chi connectivity index (χ3n) is 2.60. The number of rotatable bonds is 3. The molecular weight excluding hydrogens is 236 g/mol. The Balaban J connectivity index is 2.16. The lowest BCUT2D eigenvalue weighted by molar-refractivity contribution is 0.294. The van der Waals surface area contributed by atoms with Crippen molar-refractivity contribution in [2.45, 2.75) is 13.5 Å². The van der Waals surface area contributed by atoms with Gasteiger partial charge in [-0.1, -0.05) is 12.1 Å². The molecule has 0 spiro atoms. The van der Waals surface area contributed by atoms with Crippen LogP contribution in [0, 0.1) is 18.6 Å². The average molecular weight is 249 g/mol. The van der Waals surface area contributed by atoms with E-state index in [1.54, 1.807) is 12.1 Å². The van der Waals surface area contributed by atoms with Crippen LogP contribution >= 0.6 is 0 Å². The fourth-order valence-electron chi connectivity index (χ4n) is 1.62. The van der Waals surface area contributed by atoms with Crippen LogP contribution in [-0.2, 0) is 6.61 Å². The van der Waals surface area contributed by atoms with Crippen LogP contribution < -0.4 is 10.5 Å². The van der Waals surface area contributed by atoms with Crippen molar-refractivity contribution in [3.05, 3.63) is 59.2 Å². The predicted molar refractivity (Wildman–Crippen MR) is 66.3 cm³/mol. The Kier molecular flexibility index (Phi) is 3.46. The van der Waals surface area contributed by atoms with Gasteiger partial charge in [-0.05, 0) is 36.8 Å². The summed E-state index contributed by atoms with van der Waals surface area (Å²) < 4.78 is 32.1. The van der Waals surface area contributed by atoms with Gasteiger partial charge < -0.3 is 10.5 Å². The summed E-state index contributed by atoms with van der Waals surface area (Å²) in [6, 6.07) is 8.95. The first kappa shape index (κ1) is 12.4. The van der Waals surface area contributed by atoms with Gasteiger partial charge in [0.15, 0.2) is 0 Å². The summed E-state index contributed by atoms with van der Waals surface area (Å²) >= 11 is 0. The van der Waals surface area contributed by atoms with E-state index in [2.05, 4.69) is 0 Å². The minimum atomic E-state index is -0.624. The molecule has 0 amide bonds. The topological polar surface area (TPSA) is 35.2 Å². The van der Waals surface area contributed by atoms with Crippen LogP contribution in [0.25, 0.3) is 0 Å². The molecule has 0 heterocycles. The van der Waals surface area contributed by atoms with Crippen molar-refractivity contribution in [3.63, 3.8) is 0 Å². The van der Waals surface area contributed by atoms with Gasteiger partial charge in [0, 0.05) is 0 Å². The summed E-state index contributed by atoms with van der Waals surface area (Å²) in [6.45, 7) is 1.71. The highest BCUT2D eigenvalue weighted by molar-refractivity contribution is 5.54. The first-order chi connectivity index (χ1) is 8.58. The fraction of sp³-hybridized carbons (Fsp3) is 0.143. The molecule has 0 aliphatic carbocycles. The first-order valence-corrected chi connectivity index (χ1v) is 5.50. The zero-order valence-corrected chi connectivity index (χ0v) is 9.91. The predicted octanol–water partition coefficient (Wildman–Crippen LogP) is 3.43. The summed E-state index contributed by atoms with van der Waals surface area (Å²) in [4.78, 5) is 0. The number of benzene rings is 2. The molecule has 2 nitrogen and oxygen atoms in total. The maximum Gasteiger partial charge on any atom is 0.142 e. The van der Waals surface area contributed by atoms with Gasteiger partial charge in [-0.2, -0.15) is 0 Å². The molecule has 0 unspecified atom stereocenters. The minimum absolute atomic E-state index is 0.0996. The summed E-state index contributed by atoms with van der Waals surface area (Å²) in [5.74, 6) is -0.829. The first-order valence-electron chi connectivity index (χ1n) is 5.50. The second-order valence-corrected chi connectivity index (χ2v) is 4.03. The van der Waals surface area contributed by atoms with E-state index >= 15 is 0 Å². The number of halogens is 2. The number of ether oxygens (including phenoxy) is 1. The van der Waals surface area contributed by atoms with Gasteiger partial charge in [-0.3, -0.25) is 0 Å². The summed E-state index contributed by atoms with van der Waals surface area (Å²) in [5.41, 5.74) is 7.10. The molecule has 0 aliphatic heterocycles. The largest absolute Gasteiger partial charge is 0.487 e. The quantitative estimate of drug-likeness (QED) is 0.846. The van der Waals surface area contributed by atoms with Crippen LogP contribution in [0.15, 0.2) is 36.4 Å². The van der Waals surface area contributed by atoms with E-state index in [0.717, 1.165) is 5.56 Å². The maximum atomic E-state index is 13.4. The lowest BCUT2D eigenvalue weighted by Crippen LogP contribution is -2.03. The van der Waals surface area contributed by atoms with E-state index in [4.69, 9.17) is 10.5 Å². The van der Waals surface area contributed by atoms with Crippen molar-refractivity contribution in [2.24, 2.45) is 0 Å². The van der Waals surface area contributed by atoms with Crippen molar-refractivity contribution in [3.8, 4) is 5.75 Å². The smallest absolute Gasteiger partial charge is 0.142 e. The molecule has 0 bridgehead atoms. The molecule has 0 aliphatic rings. The molecule has 0 atom stereocenters. The Morgan fingerprint density at radius 3 is 2.39 bits per heavy atom. The summed E-state index contributed by atoms with van der Waals surface area (Å²) in [6.07, 6.45) is 0. The summed E-state index contributed by atoms with van der Waals surface area (Å²) in [5, 5.41) is 0. The molecule has 2 rings (SSSR count). The van der Waals surface area contributed by atoms with Crippen LogP contribution in [0.4, 0.5) is 14.5 Å². The number of anilines is 1. The third kappa shape index (κ3) is 2.59. The summed E-state index contributed by atoms with van der Waals surface area (Å²) in [7, 11) is 0. The third-order valence-corrected chi connectivity index (χ3v) is 2.60. The Labute approximate surface area is 104 Å². The SMILES string of the molecule is Cc1ccc(OCc2c(F)cccc2F)c(N)c1. The maximum absolute atomic E-state index is 13.4. The molecule has 0 aromatic heterocycles. The van der Waals surface area contributed by atoms with Gasteiger partial charge in [0.2, 0.25) is 0 Å². The second kappa shape index (κ2) is 5.04. The van der Waals surface area contributed by atoms with Gasteiger partial charge in [0.1, 0.15) is 24.0 Å². The molecule has 2 aromatic carbocycles. The number of hydrogen-bond acceptors (Lipinski definition) is 2. The van der Waals surface area contributed by atoms with E-state index < -0.39 is 11.6 Å². The van der Waals surface area contributed by atoms with Crippen molar-refractivity contribution in [2.75, 3.05) is 5.73 Å². The van der Waals surface area contributed by atoms with Crippen LogP contribution in [0.5, 0.6) is 5.75 Å². The van der Waals surface area contributed by atoms with Crippen molar-refractivity contribution >= 4 is 5.69 Å². The van der Waals surface area contributed by atoms with E-state index in [1.807, 2.05) is 13.0 Å². The molecule has 18 heavy (non-hydrogen) atoms. The van der Waals surface area contributed by atoms with Gasteiger partial charge in [0.05, 0.1) is 11.3 Å². The van der Waals surface area contributed by atoms with Crippen LogP contribution in [0.3, 0.4) is 0 Å². The van der Waals surface area contributed by atoms with Gasteiger partial charge in [0.25, 0.3) is 0 Å². The Morgan fingerprint density at radius 1 is 1.11 bits per heavy atom. The Bertz CT molecular complexity index is 549. The highest BCUT2D eigenvalue weighted by Gasteiger charge is 2.09. The molecule has 4 heteroatoms. The zero-order valence-electron chi connectivity index (χ0n) is 9.91. The van der Waals surface area contributed by atoms with Gasteiger partial charge in [-0.25, -0.2) is 8.78 Å². The van der Waals surface area contributed by atoms with Crippen molar-refractivity contribution < 1.29 is 13.5 Å². The molecule has 0 saturated carbocycles. The van der Waals surface area contributed by atoms with E-state index in [0.29, 0.717) is 11.4 Å². The monoisotopic (exact) mass is 249 g/mol. The van der Waals surface area contributed by atoms with Gasteiger partial charge >= 0.3 is 0 Å². The number of hydrogen-bond donors (Lipinski definition) is 1. The minimum Gasteiger partial charge on any atom is -0.487 e. The van der Waals surface area contributed by atoms with Crippen molar-refractivity contribution in [1.29, 1.82) is 0 Å². The second-order valence-electron chi connectivity index (χ2n) is 4.03. The highest BCUT2D eigenvalue weighted by Crippen LogP contribution is 2.24. The van der Waals surface area contributed by atoms with Gasteiger partial charge in [-0.15, -0.1) is 0 Å². The molecule has 94 valence electrons. The lowest BCUT2D eigenvalue weighted by Gasteiger charge is -2.10. The number of nitrogens with two attached hydrogens (primary N) is 1. The normalized spacial score (nSPS) is 10.4. The fourth-order valence-corrected chi connectivity index (χ4v) is 1.62. The van der Waals surface area contributed by atoms with Crippen LogP contribution in [-0.4, -0.2) is 0 Å². The highest BCUT2D eigenvalue weighted by atomic mass is 19.1. The molecule has 0 saturated heterocycles.